The molecule has 178 valence electrons. The topological polar surface area (TPSA) is 125 Å². The molecule has 0 N–H and O–H groups in total. The Morgan fingerprint density at radius 3 is 2.56 bits per heavy atom. The molecule has 0 radical (unpaired) electrons. The SMILES string of the molecule is CCOC(=O)CN1C(=O)S/C(=C/c2cc(Cl)c(OCc3ccc([N+](=O)[O-])cc3)c(OC)c2)C1=O. The summed E-state index contributed by atoms with van der Waals surface area (Å²) in [6.45, 7) is 1.39. The zero-order chi connectivity index (χ0) is 24.8. The summed E-state index contributed by atoms with van der Waals surface area (Å²) >= 11 is 7.07. The molecular formula is C22H19ClN2O8S. The second kappa shape index (κ2) is 11.0. The third-order valence-corrected chi connectivity index (χ3v) is 5.73. The zero-order valence-corrected chi connectivity index (χ0v) is 19.7. The Kier molecular flexibility index (Phi) is 8.13. The number of rotatable bonds is 9. The number of halogens is 1. The van der Waals surface area contributed by atoms with Gasteiger partial charge in [-0.3, -0.25) is 29.4 Å². The van der Waals surface area contributed by atoms with Crippen molar-refractivity contribution in [3.8, 4) is 11.5 Å². The molecule has 1 saturated heterocycles. The summed E-state index contributed by atoms with van der Waals surface area (Å²) in [5.41, 5.74) is 1.13. The van der Waals surface area contributed by atoms with Gasteiger partial charge in [-0.1, -0.05) is 11.6 Å². The van der Waals surface area contributed by atoms with Crippen LogP contribution in [0.3, 0.4) is 0 Å². The molecule has 2 aromatic carbocycles. The van der Waals surface area contributed by atoms with E-state index in [1.54, 1.807) is 25.1 Å². The van der Waals surface area contributed by atoms with E-state index < -0.39 is 28.6 Å². The van der Waals surface area contributed by atoms with E-state index in [9.17, 15) is 24.5 Å². The molecule has 0 saturated carbocycles. The Morgan fingerprint density at radius 2 is 1.94 bits per heavy atom. The number of nitro groups is 1. The van der Waals surface area contributed by atoms with Crippen LogP contribution in [0.1, 0.15) is 18.1 Å². The summed E-state index contributed by atoms with van der Waals surface area (Å²) in [5, 5.41) is 10.4. The van der Waals surface area contributed by atoms with Gasteiger partial charge < -0.3 is 14.2 Å². The first-order valence-electron chi connectivity index (χ1n) is 9.88. The van der Waals surface area contributed by atoms with Crippen molar-refractivity contribution in [1.82, 2.24) is 4.90 Å². The van der Waals surface area contributed by atoms with Crippen molar-refractivity contribution in [3.05, 3.63) is 67.6 Å². The molecular weight excluding hydrogens is 488 g/mol. The van der Waals surface area contributed by atoms with Gasteiger partial charge in [-0.25, -0.2) is 0 Å². The summed E-state index contributed by atoms with van der Waals surface area (Å²) in [4.78, 5) is 47.6. The fourth-order valence-electron chi connectivity index (χ4n) is 2.96. The van der Waals surface area contributed by atoms with Crippen molar-refractivity contribution in [2.75, 3.05) is 20.3 Å². The number of amides is 2. The minimum Gasteiger partial charge on any atom is -0.493 e. The second-order valence-corrected chi connectivity index (χ2v) is 8.22. The predicted molar refractivity (Wildman–Crippen MR) is 125 cm³/mol. The number of nitro benzene ring substituents is 1. The molecule has 1 aliphatic heterocycles. The summed E-state index contributed by atoms with van der Waals surface area (Å²) in [6, 6.07) is 8.99. The van der Waals surface area contributed by atoms with Crippen molar-refractivity contribution in [3.63, 3.8) is 0 Å². The highest BCUT2D eigenvalue weighted by Crippen LogP contribution is 2.39. The molecule has 3 rings (SSSR count). The lowest BCUT2D eigenvalue weighted by Crippen LogP contribution is -2.34. The zero-order valence-electron chi connectivity index (χ0n) is 18.1. The Bertz CT molecular complexity index is 1170. The maximum atomic E-state index is 12.6. The highest BCUT2D eigenvalue weighted by Gasteiger charge is 2.36. The average Bonchev–Trinajstić information content (AvgIpc) is 3.05. The van der Waals surface area contributed by atoms with Gasteiger partial charge in [-0.05, 0) is 60.2 Å². The third-order valence-electron chi connectivity index (χ3n) is 4.55. The largest absolute Gasteiger partial charge is 0.493 e. The molecule has 1 heterocycles. The van der Waals surface area contributed by atoms with Crippen LogP contribution in [0.25, 0.3) is 6.08 Å². The predicted octanol–water partition coefficient (Wildman–Crippen LogP) is 4.44. The normalized spacial score (nSPS) is 14.4. The third kappa shape index (κ3) is 5.86. The van der Waals surface area contributed by atoms with E-state index >= 15 is 0 Å². The maximum Gasteiger partial charge on any atom is 0.326 e. The lowest BCUT2D eigenvalue weighted by atomic mass is 10.1. The van der Waals surface area contributed by atoms with Crippen LogP contribution < -0.4 is 9.47 Å². The molecule has 0 aromatic heterocycles. The van der Waals surface area contributed by atoms with Gasteiger partial charge in [-0.2, -0.15) is 0 Å². The van der Waals surface area contributed by atoms with E-state index in [2.05, 4.69) is 0 Å². The molecule has 12 heteroatoms. The van der Waals surface area contributed by atoms with Crippen molar-refractivity contribution >= 4 is 52.2 Å². The van der Waals surface area contributed by atoms with E-state index in [-0.39, 0.29) is 40.3 Å². The molecule has 1 fully saturated rings. The van der Waals surface area contributed by atoms with Gasteiger partial charge >= 0.3 is 5.97 Å². The van der Waals surface area contributed by atoms with E-state index in [1.165, 1.54) is 31.4 Å². The minimum atomic E-state index is -0.676. The van der Waals surface area contributed by atoms with Crippen LogP contribution in [0.5, 0.6) is 11.5 Å². The fourth-order valence-corrected chi connectivity index (χ4v) is 4.07. The lowest BCUT2D eigenvalue weighted by molar-refractivity contribution is -0.384. The van der Waals surface area contributed by atoms with Crippen molar-refractivity contribution < 1.29 is 33.5 Å². The van der Waals surface area contributed by atoms with E-state index in [1.807, 2.05) is 0 Å². The molecule has 0 spiro atoms. The maximum absolute atomic E-state index is 12.6. The van der Waals surface area contributed by atoms with E-state index in [0.29, 0.717) is 22.9 Å². The Hall–Kier alpha value is -3.57. The molecule has 2 amide bonds. The molecule has 0 atom stereocenters. The van der Waals surface area contributed by atoms with Crippen LogP contribution in [-0.2, 0) is 20.9 Å². The highest BCUT2D eigenvalue weighted by atomic mass is 35.5. The number of nitrogens with zero attached hydrogens (tertiary/aromatic N) is 2. The monoisotopic (exact) mass is 506 g/mol. The number of esters is 1. The molecule has 0 aliphatic carbocycles. The van der Waals surface area contributed by atoms with Crippen LogP contribution in [0.2, 0.25) is 5.02 Å². The first-order chi connectivity index (χ1) is 16.2. The Labute approximate surface area is 203 Å². The first-order valence-corrected chi connectivity index (χ1v) is 11.1. The van der Waals surface area contributed by atoms with Gasteiger partial charge in [0.2, 0.25) is 0 Å². The number of imide groups is 1. The lowest BCUT2D eigenvalue weighted by Gasteiger charge is -2.13. The minimum absolute atomic E-state index is 0.0321. The van der Waals surface area contributed by atoms with Crippen LogP contribution in [0.15, 0.2) is 41.3 Å². The molecule has 2 aromatic rings. The van der Waals surface area contributed by atoms with Gasteiger partial charge in [0.1, 0.15) is 13.2 Å². The molecule has 0 unspecified atom stereocenters. The summed E-state index contributed by atoms with van der Waals surface area (Å²) in [5.74, 6) is -0.761. The number of non-ortho nitro benzene ring substituents is 1. The molecule has 34 heavy (non-hydrogen) atoms. The average molecular weight is 507 g/mol. The van der Waals surface area contributed by atoms with Crippen molar-refractivity contribution in [2.45, 2.75) is 13.5 Å². The number of carbonyl (C=O) groups excluding carboxylic acids is 3. The standard InChI is InChI=1S/C22H19ClN2O8S/c1-3-32-19(26)11-24-21(27)18(34-22(24)28)10-14-8-16(23)20(17(9-14)31-2)33-12-13-4-6-15(7-5-13)25(29)30/h4-10H,3,11-12H2,1-2H3/b18-10+. The summed E-state index contributed by atoms with van der Waals surface area (Å²) in [7, 11) is 1.42. The van der Waals surface area contributed by atoms with Crippen molar-refractivity contribution in [2.24, 2.45) is 0 Å². The van der Waals surface area contributed by atoms with Crippen LogP contribution in [-0.4, -0.2) is 47.2 Å². The second-order valence-electron chi connectivity index (χ2n) is 6.82. The number of thioether (sulfide) groups is 1. The summed E-state index contributed by atoms with van der Waals surface area (Å²) in [6.07, 6.45) is 1.46. The van der Waals surface area contributed by atoms with E-state index in [0.717, 1.165) is 4.90 Å². The Balaban J connectivity index is 1.77. The van der Waals surface area contributed by atoms with Gasteiger partial charge in [-0.15, -0.1) is 0 Å². The first kappa shape index (κ1) is 25.1. The fraction of sp³-hybridized carbons (Fsp3) is 0.227. The number of hydrogen-bond acceptors (Lipinski definition) is 9. The van der Waals surface area contributed by atoms with E-state index in [4.69, 9.17) is 25.8 Å². The van der Waals surface area contributed by atoms with Gasteiger partial charge in [0.05, 0.1) is 28.6 Å². The van der Waals surface area contributed by atoms with Crippen molar-refractivity contribution in [1.29, 1.82) is 0 Å². The Morgan fingerprint density at radius 1 is 1.24 bits per heavy atom. The van der Waals surface area contributed by atoms with Gasteiger partial charge in [0.15, 0.2) is 11.5 Å². The van der Waals surface area contributed by atoms with Crippen LogP contribution >= 0.6 is 23.4 Å². The van der Waals surface area contributed by atoms with Gasteiger partial charge in [0, 0.05) is 12.1 Å². The number of hydrogen-bond donors (Lipinski definition) is 0. The molecule has 10 nitrogen and oxygen atoms in total. The smallest absolute Gasteiger partial charge is 0.326 e. The highest BCUT2D eigenvalue weighted by molar-refractivity contribution is 8.18. The number of ether oxygens (including phenoxy) is 3. The number of carbonyl (C=O) groups is 3. The van der Waals surface area contributed by atoms with Crippen LogP contribution in [0.4, 0.5) is 10.5 Å². The van der Waals surface area contributed by atoms with Gasteiger partial charge in [0.25, 0.3) is 16.8 Å². The molecule has 1 aliphatic rings. The quantitative estimate of drug-likeness (QED) is 0.210. The van der Waals surface area contributed by atoms with Crippen LogP contribution in [0, 0.1) is 10.1 Å². The number of benzene rings is 2. The summed E-state index contributed by atoms with van der Waals surface area (Å²) < 4.78 is 15.9. The number of methoxy groups -OCH3 is 1. The molecule has 0 bridgehead atoms.